The summed E-state index contributed by atoms with van der Waals surface area (Å²) in [4.78, 5) is 37.7. The molecular formula is C18H14N6O5S. The second kappa shape index (κ2) is 8.96. The SMILES string of the molecule is Cn1ccnc1Sc1ccc(C=NNC(=O)c2cccc([N+](=O)[O-])c2)cc1[N+](=O)[O-]. The molecule has 0 saturated heterocycles. The van der Waals surface area contributed by atoms with Gasteiger partial charge >= 0.3 is 0 Å². The van der Waals surface area contributed by atoms with Crippen LogP contribution in [0.15, 0.2) is 70.0 Å². The Balaban J connectivity index is 1.74. The molecule has 152 valence electrons. The Bertz CT molecular complexity index is 1160. The predicted octanol–water partition coefficient (Wildman–Crippen LogP) is 3.15. The molecule has 0 aliphatic heterocycles. The number of nitro benzene ring substituents is 2. The second-order valence-electron chi connectivity index (χ2n) is 5.91. The lowest BCUT2D eigenvalue weighted by Gasteiger charge is -2.04. The van der Waals surface area contributed by atoms with Gasteiger partial charge in [-0.05, 0) is 23.9 Å². The van der Waals surface area contributed by atoms with Gasteiger partial charge in [0.25, 0.3) is 17.3 Å². The number of aromatic nitrogens is 2. The summed E-state index contributed by atoms with van der Waals surface area (Å²) in [6.07, 6.45) is 4.58. The molecule has 0 spiro atoms. The summed E-state index contributed by atoms with van der Waals surface area (Å²) in [6.45, 7) is 0. The first kappa shape index (κ1) is 20.7. The maximum Gasteiger partial charge on any atom is 0.283 e. The summed E-state index contributed by atoms with van der Waals surface area (Å²) >= 11 is 1.16. The van der Waals surface area contributed by atoms with E-state index in [0.29, 0.717) is 15.6 Å². The standard InChI is InChI=1S/C18H14N6O5S/c1-22-8-7-19-18(22)30-16-6-5-12(9-15(16)24(28)29)11-20-21-17(25)13-3-2-4-14(10-13)23(26)27/h2-11H,1H3,(H,21,25). The molecule has 3 rings (SSSR count). The smallest absolute Gasteiger partial charge is 0.283 e. The number of benzene rings is 2. The zero-order valence-electron chi connectivity index (χ0n) is 15.5. The van der Waals surface area contributed by atoms with Crippen molar-refractivity contribution in [2.24, 2.45) is 12.1 Å². The van der Waals surface area contributed by atoms with Crippen LogP contribution in [0.4, 0.5) is 11.4 Å². The molecule has 12 heteroatoms. The van der Waals surface area contributed by atoms with Crippen LogP contribution in [0.5, 0.6) is 0 Å². The third-order valence-corrected chi connectivity index (χ3v) is 5.00. The van der Waals surface area contributed by atoms with Crippen LogP contribution < -0.4 is 5.43 Å². The normalized spacial score (nSPS) is 10.8. The van der Waals surface area contributed by atoms with E-state index < -0.39 is 15.8 Å². The van der Waals surface area contributed by atoms with Crippen molar-refractivity contribution in [3.8, 4) is 0 Å². The lowest BCUT2D eigenvalue weighted by molar-refractivity contribution is -0.387. The van der Waals surface area contributed by atoms with E-state index in [0.717, 1.165) is 17.8 Å². The van der Waals surface area contributed by atoms with Gasteiger partial charge in [-0.15, -0.1) is 0 Å². The topological polar surface area (TPSA) is 146 Å². The fourth-order valence-corrected chi connectivity index (χ4v) is 3.27. The third-order valence-electron chi connectivity index (χ3n) is 3.86. The number of carbonyl (C=O) groups excluding carboxylic acids is 1. The largest absolute Gasteiger partial charge is 0.329 e. The molecule has 11 nitrogen and oxygen atoms in total. The van der Waals surface area contributed by atoms with Crippen molar-refractivity contribution in [3.05, 3.63) is 86.2 Å². The van der Waals surface area contributed by atoms with Gasteiger partial charge in [-0.3, -0.25) is 25.0 Å². The minimum Gasteiger partial charge on any atom is -0.329 e. The number of carbonyl (C=O) groups is 1. The van der Waals surface area contributed by atoms with E-state index in [1.54, 1.807) is 36.1 Å². The summed E-state index contributed by atoms with van der Waals surface area (Å²) < 4.78 is 1.74. The van der Waals surface area contributed by atoms with E-state index >= 15 is 0 Å². The molecule has 0 aliphatic carbocycles. The van der Waals surface area contributed by atoms with E-state index in [4.69, 9.17) is 0 Å². The van der Waals surface area contributed by atoms with Crippen molar-refractivity contribution in [1.29, 1.82) is 0 Å². The monoisotopic (exact) mass is 426 g/mol. The molecule has 30 heavy (non-hydrogen) atoms. The number of rotatable bonds is 7. The number of hydrogen-bond acceptors (Lipinski definition) is 8. The Morgan fingerprint density at radius 3 is 2.67 bits per heavy atom. The van der Waals surface area contributed by atoms with Gasteiger partial charge < -0.3 is 4.57 Å². The van der Waals surface area contributed by atoms with Crippen molar-refractivity contribution in [3.63, 3.8) is 0 Å². The zero-order chi connectivity index (χ0) is 21.7. The number of nitrogens with zero attached hydrogens (tertiary/aromatic N) is 5. The van der Waals surface area contributed by atoms with E-state index in [2.05, 4.69) is 15.5 Å². The van der Waals surface area contributed by atoms with Crippen LogP contribution in [0.3, 0.4) is 0 Å². The minimum absolute atomic E-state index is 0.0640. The first-order valence-corrected chi connectivity index (χ1v) is 9.18. The number of aryl methyl sites for hydroxylation is 1. The van der Waals surface area contributed by atoms with Crippen molar-refractivity contribution in [2.75, 3.05) is 0 Å². The van der Waals surface area contributed by atoms with Gasteiger partial charge in [0.1, 0.15) is 0 Å². The molecule has 0 unspecified atom stereocenters. The van der Waals surface area contributed by atoms with Crippen molar-refractivity contribution >= 4 is 35.3 Å². The van der Waals surface area contributed by atoms with Crippen LogP contribution >= 0.6 is 11.8 Å². The van der Waals surface area contributed by atoms with Crippen molar-refractivity contribution in [1.82, 2.24) is 15.0 Å². The lowest BCUT2D eigenvalue weighted by atomic mass is 10.2. The molecule has 2 aromatic carbocycles. The van der Waals surface area contributed by atoms with Gasteiger partial charge in [0.15, 0.2) is 5.16 Å². The Kier molecular flexibility index (Phi) is 6.17. The maximum absolute atomic E-state index is 12.1. The molecule has 0 aliphatic rings. The van der Waals surface area contributed by atoms with Crippen molar-refractivity contribution in [2.45, 2.75) is 10.1 Å². The minimum atomic E-state index is -0.647. The van der Waals surface area contributed by atoms with Crippen LogP contribution in [-0.4, -0.2) is 31.5 Å². The van der Waals surface area contributed by atoms with Gasteiger partial charge in [0.05, 0.1) is 21.0 Å². The molecule has 1 aromatic heterocycles. The van der Waals surface area contributed by atoms with Gasteiger partial charge in [-0.25, -0.2) is 10.4 Å². The van der Waals surface area contributed by atoms with Gasteiger partial charge in [-0.2, -0.15) is 5.10 Å². The average Bonchev–Trinajstić information content (AvgIpc) is 3.13. The van der Waals surface area contributed by atoms with Crippen LogP contribution in [0.1, 0.15) is 15.9 Å². The molecule has 0 fully saturated rings. The molecule has 0 bridgehead atoms. The molecule has 3 aromatic rings. The maximum atomic E-state index is 12.1. The molecular weight excluding hydrogens is 412 g/mol. The molecule has 0 radical (unpaired) electrons. The Labute approximate surface area is 173 Å². The fourth-order valence-electron chi connectivity index (χ4n) is 2.38. The number of imidazole rings is 1. The number of hydrazone groups is 1. The summed E-state index contributed by atoms with van der Waals surface area (Å²) in [5.41, 5.74) is 2.35. The highest BCUT2D eigenvalue weighted by Crippen LogP contribution is 2.34. The van der Waals surface area contributed by atoms with Gasteiger partial charge in [0.2, 0.25) is 0 Å². The fraction of sp³-hybridized carbons (Fsp3) is 0.0556. The highest BCUT2D eigenvalue weighted by Gasteiger charge is 2.17. The highest BCUT2D eigenvalue weighted by atomic mass is 32.2. The van der Waals surface area contributed by atoms with Crippen LogP contribution in [-0.2, 0) is 7.05 Å². The van der Waals surface area contributed by atoms with Gasteiger partial charge in [0, 0.05) is 48.8 Å². The zero-order valence-corrected chi connectivity index (χ0v) is 16.3. The third kappa shape index (κ3) is 4.86. The van der Waals surface area contributed by atoms with E-state index in [-0.39, 0.29) is 16.9 Å². The Hall–Kier alpha value is -4.06. The lowest BCUT2D eigenvalue weighted by Crippen LogP contribution is -2.17. The van der Waals surface area contributed by atoms with Crippen LogP contribution in [0.25, 0.3) is 0 Å². The molecule has 1 amide bonds. The Morgan fingerprint density at radius 1 is 1.20 bits per heavy atom. The van der Waals surface area contributed by atoms with Crippen LogP contribution in [0, 0.1) is 20.2 Å². The molecule has 0 atom stereocenters. The number of amides is 1. The summed E-state index contributed by atoms with van der Waals surface area (Å²) in [6, 6.07) is 9.70. The number of hydrogen-bond donors (Lipinski definition) is 1. The molecule has 1 heterocycles. The number of nitrogens with one attached hydrogen (secondary N) is 1. The summed E-state index contributed by atoms with van der Waals surface area (Å²) in [5.74, 6) is -0.647. The molecule has 1 N–H and O–H groups in total. The van der Waals surface area contributed by atoms with Crippen molar-refractivity contribution < 1.29 is 14.6 Å². The molecule has 0 saturated carbocycles. The van der Waals surface area contributed by atoms with Crippen LogP contribution in [0.2, 0.25) is 0 Å². The first-order chi connectivity index (χ1) is 14.3. The van der Waals surface area contributed by atoms with E-state index in [1.165, 1.54) is 30.5 Å². The highest BCUT2D eigenvalue weighted by molar-refractivity contribution is 7.99. The van der Waals surface area contributed by atoms with E-state index in [1.807, 2.05) is 0 Å². The van der Waals surface area contributed by atoms with Gasteiger partial charge in [-0.1, -0.05) is 12.1 Å². The first-order valence-electron chi connectivity index (χ1n) is 8.36. The number of non-ortho nitro benzene ring substituents is 1. The predicted molar refractivity (Wildman–Crippen MR) is 109 cm³/mol. The number of nitro groups is 2. The van der Waals surface area contributed by atoms with E-state index in [9.17, 15) is 25.0 Å². The average molecular weight is 426 g/mol. The quantitative estimate of drug-likeness (QED) is 0.347. The summed E-state index contributed by atoms with van der Waals surface area (Å²) in [7, 11) is 1.78. The Morgan fingerprint density at radius 2 is 2.00 bits per heavy atom. The second-order valence-corrected chi connectivity index (χ2v) is 6.92. The summed E-state index contributed by atoms with van der Waals surface area (Å²) in [5, 5.41) is 26.6.